The number of hydrogen-bond acceptors (Lipinski definition) is 4. The van der Waals surface area contributed by atoms with Crippen LogP contribution in [0.4, 0.5) is 5.69 Å². The third-order valence-electron chi connectivity index (χ3n) is 1.48. The Labute approximate surface area is 86.2 Å². The second kappa shape index (κ2) is 4.83. The number of ether oxygens (including phenoxy) is 1. The first-order chi connectivity index (χ1) is 6.63. The monoisotopic (exact) mass is 215 g/mol. The fourth-order valence-corrected chi connectivity index (χ4v) is 1.20. The molecule has 1 aromatic carbocycles. The number of rotatable bonds is 3. The number of carbonyl (C=O) groups is 1. The van der Waals surface area contributed by atoms with Crippen LogP contribution in [-0.4, -0.2) is 24.3 Å². The van der Waals surface area contributed by atoms with Crippen molar-refractivity contribution in [3.05, 3.63) is 28.8 Å². The number of nitrogen functional groups attached to an aromatic ring is 1. The Morgan fingerprint density at radius 1 is 1.50 bits per heavy atom. The van der Waals surface area contributed by atoms with Gasteiger partial charge in [-0.1, -0.05) is 11.6 Å². The number of anilines is 1. The van der Waals surface area contributed by atoms with E-state index in [0.717, 1.165) is 0 Å². The highest BCUT2D eigenvalue weighted by Crippen LogP contribution is 2.17. The molecule has 5 heteroatoms. The summed E-state index contributed by atoms with van der Waals surface area (Å²) >= 11 is 5.69. The van der Waals surface area contributed by atoms with E-state index in [1.165, 1.54) is 18.2 Å². The molecule has 0 radical (unpaired) electrons. The highest BCUT2D eigenvalue weighted by Gasteiger charge is 2.08. The Kier molecular flexibility index (Phi) is 3.73. The molecule has 0 spiro atoms. The standard InChI is InChI=1S/C9H10ClNO3/c10-7-3-6(4-8(11)5-7)9(13)14-2-1-12/h3-5,12H,1-2,11H2. The number of esters is 1. The van der Waals surface area contributed by atoms with Crippen LogP contribution >= 0.6 is 11.6 Å². The number of carbonyl (C=O) groups excluding carboxylic acids is 1. The molecular weight excluding hydrogens is 206 g/mol. The number of benzene rings is 1. The molecule has 4 nitrogen and oxygen atoms in total. The number of nitrogens with two attached hydrogens (primary N) is 1. The van der Waals surface area contributed by atoms with Crippen molar-refractivity contribution < 1.29 is 14.6 Å². The zero-order chi connectivity index (χ0) is 10.6. The van der Waals surface area contributed by atoms with Crippen LogP contribution in [0.3, 0.4) is 0 Å². The van der Waals surface area contributed by atoms with Gasteiger partial charge in [0, 0.05) is 10.7 Å². The smallest absolute Gasteiger partial charge is 0.338 e. The van der Waals surface area contributed by atoms with Gasteiger partial charge in [0.1, 0.15) is 6.61 Å². The number of hydrogen-bond donors (Lipinski definition) is 2. The molecule has 0 aromatic heterocycles. The van der Waals surface area contributed by atoms with E-state index >= 15 is 0 Å². The summed E-state index contributed by atoms with van der Waals surface area (Å²) in [4.78, 5) is 11.3. The van der Waals surface area contributed by atoms with Crippen LogP contribution in [0.1, 0.15) is 10.4 Å². The molecular formula is C9H10ClNO3. The second-order valence-corrected chi connectivity index (χ2v) is 3.07. The van der Waals surface area contributed by atoms with Gasteiger partial charge in [-0.25, -0.2) is 4.79 Å². The predicted molar refractivity (Wildman–Crippen MR) is 53.2 cm³/mol. The third kappa shape index (κ3) is 2.90. The summed E-state index contributed by atoms with van der Waals surface area (Å²) in [5, 5.41) is 8.82. The first-order valence-electron chi connectivity index (χ1n) is 3.97. The van der Waals surface area contributed by atoms with Gasteiger partial charge in [0.15, 0.2) is 0 Å². The van der Waals surface area contributed by atoms with Gasteiger partial charge < -0.3 is 15.6 Å². The van der Waals surface area contributed by atoms with E-state index in [2.05, 4.69) is 4.74 Å². The van der Waals surface area contributed by atoms with E-state index in [4.69, 9.17) is 22.4 Å². The number of halogens is 1. The average Bonchev–Trinajstić information content (AvgIpc) is 2.12. The fourth-order valence-electron chi connectivity index (χ4n) is 0.952. The van der Waals surface area contributed by atoms with Gasteiger partial charge >= 0.3 is 5.97 Å². The van der Waals surface area contributed by atoms with E-state index in [1.807, 2.05) is 0 Å². The summed E-state index contributed by atoms with van der Waals surface area (Å²) < 4.78 is 4.68. The maximum atomic E-state index is 11.3. The Morgan fingerprint density at radius 2 is 2.21 bits per heavy atom. The molecule has 0 saturated carbocycles. The molecule has 0 unspecified atom stereocenters. The molecule has 0 saturated heterocycles. The van der Waals surface area contributed by atoms with Crippen molar-refractivity contribution in [1.29, 1.82) is 0 Å². The predicted octanol–water partition coefficient (Wildman–Crippen LogP) is 1.07. The lowest BCUT2D eigenvalue weighted by atomic mass is 10.2. The van der Waals surface area contributed by atoms with E-state index in [1.54, 1.807) is 0 Å². The van der Waals surface area contributed by atoms with Crippen molar-refractivity contribution in [2.45, 2.75) is 0 Å². The third-order valence-corrected chi connectivity index (χ3v) is 1.70. The molecule has 0 amide bonds. The molecule has 0 aliphatic carbocycles. The summed E-state index contributed by atoms with van der Waals surface area (Å²) in [6.07, 6.45) is 0. The minimum absolute atomic E-state index is 0.0365. The molecule has 3 N–H and O–H groups in total. The van der Waals surface area contributed by atoms with Crippen molar-refractivity contribution in [2.75, 3.05) is 18.9 Å². The first kappa shape index (κ1) is 10.8. The summed E-state index contributed by atoms with van der Waals surface area (Å²) in [6.45, 7) is -0.243. The van der Waals surface area contributed by atoms with Gasteiger partial charge in [-0.05, 0) is 18.2 Å². The van der Waals surface area contributed by atoms with Crippen molar-refractivity contribution >= 4 is 23.3 Å². The normalized spacial score (nSPS) is 9.86. The zero-order valence-corrected chi connectivity index (χ0v) is 8.12. The van der Waals surface area contributed by atoms with Crippen LogP contribution in [0.5, 0.6) is 0 Å². The minimum Gasteiger partial charge on any atom is -0.460 e. The van der Waals surface area contributed by atoms with Crippen molar-refractivity contribution in [3.8, 4) is 0 Å². The summed E-state index contributed by atoms with van der Waals surface area (Å²) in [5.41, 5.74) is 6.16. The van der Waals surface area contributed by atoms with Crippen molar-refractivity contribution in [3.63, 3.8) is 0 Å². The van der Waals surface area contributed by atoms with Crippen LogP contribution in [-0.2, 0) is 4.74 Å². The molecule has 0 aliphatic rings. The van der Waals surface area contributed by atoms with Crippen LogP contribution in [0.2, 0.25) is 5.02 Å². The summed E-state index contributed by atoms with van der Waals surface area (Å²) in [5.74, 6) is -0.548. The second-order valence-electron chi connectivity index (χ2n) is 2.63. The van der Waals surface area contributed by atoms with E-state index in [9.17, 15) is 4.79 Å². The maximum absolute atomic E-state index is 11.3. The summed E-state index contributed by atoms with van der Waals surface area (Å²) in [7, 11) is 0. The molecule has 76 valence electrons. The van der Waals surface area contributed by atoms with Gasteiger partial charge in [0.25, 0.3) is 0 Å². The lowest BCUT2D eigenvalue weighted by Gasteiger charge is -2.04. The first-order valence-corrected chi connectivity index (χ1v) is 4.35. The minimum atomic E-state index is -0.548. The van der Waals surface area contributed by atoms with Crippen LogP contribution in [0.25, 0.3) is 0 Å². The average molecular weight is 216 g/mol. The van der Waals surface area contributed by atoms with Crippen molar-refractivity contribution in [1.82, 2.24) is 0 Å². The van der Waals surface area contributed by atoms with E-state index in [0.29, 0.717) is 10.7 Å². The lowest BCUT2D eigenvalue weighted by Crippen LogP contribution is -2.09. The van der Waals surface area contributed by atoms with Gasteiger partial charge in [-0.2, -0.15) is 0 Å². The van der Waals surface area contributed by atoms with E-state index in [-0.39, 0.29) is 18.8 Å². The van der Waals surface area contributed by atoms with Crippen LogP contribution in [0.15, 0.2) is 18.2 Å². The molecule has 0 atom stereocenters. The van der Waals surface area contributed by atoms with Gasteiger partial charge in [-0.3, -0.25) is 0 Å². The Bertz CT molecular complexity index is 321. The SMILES string of the molecule is Nc1cc(Cl)cc(C(=O)OCCO)c1. The molecule has 0 aliphatic heterocycles. The van der Waals surface area contributed by atoms with E-state index < -0.39 is 5.97 Å². The zero-order valence-electron chi connectivity index (χ0n) is 7.37. The molecule has 1 rings (SSSR count). The maximum Gasteiger partial charge on any atom is 0.338 e. The van der Waals surface area contributed by atoms with Crippen LogP contribution < -0.4 is 5.73 Å². The van der Waals surface area contributed by atoms with Crippen molar-refractivity contribution in [2.24, 2.45) is 0 Å². The fraction of sp³-hybridized carbons (Fsp3) is 0.222. The Morgan fingerprint density at radius 3 is 2.79 bits per heavy atom. The van der Waals surface area contributed by atoms with Gasteiger partial charge in [-0.15, -0.1) is 0 Å². The van der Waals surface area contributed by atoms with Gasteiger partial charge in [0.05, 0.1) is 12.2 Å². The highest BCUT2D eigenvalue weighted by atomic mass is 35.5. The molecule has 1 aromatic rings. The Hall–Kier alpha value is -1.26. The van der Waals surface area contributed by atoms with Gasteiger partial charge in [0.2, 0.25) is 0 Å². The number of aliphatic hydroxyl groups is 1. The Balaban J connectivity index is 2.79. The molecule has 0 heterocycles. The quantitative estimate of drug-likeness (QED) is 0.585. The lowest BCUT2D eigenvalue weighted by molar-refractivity contribution is 0.0434. The largest absolute Gasteiger partial charge is 0.460 e. The molecule has 14 heavy (non-hydrogen) atoms. The summed E-state index contributed by atoms with van der Waals surface area (Å²) in [6, 6.07) is 4.45. The number of aliphatic hydroxyl groups excluding tert-OH is 1. The van der Waals surface area contributed by atoms with Crippen LogP contribution in [0, 0.1) is 0 Å². The topological polar surface area (TPSA) is 72.6 Å². The molecule has 0 fully saturated rings. The molecule has 0 bridgehead atoms. The highest BCUT2D eigenvalue weighted by molar-refractivity contribution is 6.31.